The highest BCUT2D eigenvalue weighted by molar-refractivity contribution is 5.81. The van der Waals surface area contributed by atoms with Crippen molar-refractivity contribution in [2.45, 2.75) is 13.8 Å². The van der Waals surface area contributed by atoms with E-state index in [-0.39, 0.29) is 11.4 Å². The monoisotopic (exact) mass is 190 g/mol. The molecule has 0 aliphatic rings. The van der Waals surface area contributed by atoms with E-state index in [0.717, 1.165) is 5.56 Å². The standard InChI is InChI=1S/C11H11FN2/c1-4-9(8(3)12)10-6-14-11(13)5-7(10)2/h1,5-6H,2-3H3,(H2,13,14)/b9-8+. The van der Waals surface area contributed by atoms with Gasteiger partial charge >= 0.3 is 0 Å². The van der Waals surface area contributed by atoms with E-state index in [0.29, 0.717) is 11.4 Å². The number of rotatable bonds is 1. The molecule has 1 aromatic heterocycles. The lowest BCUT2D eigenvalue weighted by Gasteiger charge is -2.05. The van der Waals surface area contributed by atoms with Gasteiger partial charge in [-0.2, -0.15) is 0 Å². The highest BCUT2D eigenvalue weighted by atomic mass is 19.1. The summed E-state index contributed by atoms with van der Waals surface area (Å²) in [6, 6.07) is 1.66. The van der Waals surface area contributed by atoms with Crippen LogP contribution in [0.3, 0.4) is 0 Å². The quantitative estimate of drug-likeness (QED) is 0.690. The molecule has 2 N–H and O–H groups in total. The third-order valence-corrected chi connectivity index (χ3v) is 1.89. The van der Waals surface area contributed by atoms with Gasteiger partial charge in [-0.15, -0.1) is 6.42 Å². The largest absolute Gasteiger partial charge is 0.384 e. The number of anilines is 1. The minimum Gasteiger partial charge on any atom is -0.384 e. The number of nitrogen functional groups attached to an aromatic ring is 1. The average Bonchev–Trinajstić information content (AvgIpc) is 2.09. The highest BCUT2D eigenvalue weighted by Crippen LogP contribution is 2.22. The molecule has 0 spiro atoms. The zero-order valence-corrected chi connectivity index (χ0v) is 8.13. The van der Waals surface area contributed by atoms with Gasteiger partial charge in [-0.3, -0.25) is 0 Å². The van der Waals surface area contributed by atoms with E-state index >= 15 is 0 Å². The second-order valence-corrected chi connectivity index (χ2v) is 2.98. The lowest BCUT2D eigenvalue weighted by molar-refractivity contribution is 0.645. The van der Waals surface area contributed by atoms with E-state index in [1.165, 1.54) is 13.1 Å². The molecule has 0 bridgehead atoms. The molecule has 2 nitrogen and oxygen atoms in total. The van der Waals surface area contributed by atoms with Crippen LogP contribution in [0.15, 0.2) is 18.1 Å². The summed E-state index contributed by atoms with van der Waals surface area (Å²) in [5.74, 6) is 2.32. The number of hydrogen-bond acceptors (Lipinski definition) is 2. The molecule has 0 saturated carbocycles. The van der Waals surface area contributed by atoms with Gasteiger partial charge in [-0.05, 0) is 25.5 Å². The summed E-state index contributed by atoms with van der Waals surface area (Å²) in [5, 5.41) is 0. The number of nitrogens with two attached hydrogens (primary N) is 1. The summed E-state index contributed by atoms with van der Waals surface area (Å²) < 4.78 is 13.0. The molecule has 0 aromatic carbocycles. The first-order chi connectivity index (χ1) is 6.56. The van der Waals surface area contributed by atoms with Crippen LogP contribution in [-0.2, 0) is 0 Å². The zero-order valence-electron chi connectivity index (χ0n) is 8.13. The van der Waals surface area contributed by atoms with Gasteiger partial charge in [0.15, 0.2) is 0 Å². The van der Waals surface area contributed by atoms with Crippen molar-refractivity contribution in [3.63, 3.8) is 0 Å². The molecule has 14 heavy (non-hydrogen) atoms. The maximum Gasteiger partial charge on any atom is 0.123 e. The topological polar surface area (TPSA) is 38.9 Å². The minimum atomic E-state index is -0.387. The van der Waals surface area contributed by atoms with Crippen molar-refractivity contribution >= 4 is 11.4 Å². The van der Waals surface area contributed by atoms with Crippen molar-refractivity contribution in [2.75, 3.05) is 5.73 Å². The molecule has 1 heterocycles. The van der Waals surface area contributed by atoms with Gasteiger partial charge in [0.05, 0.1) is 5.57 Å². The highest BCUT2D eigenvalue weighted by Gasteiger charge is 2.07. The second-order valence-electron chi connectivity index (χ2n) is 2.98. The van der Waals surface area contributed by atoms with Gasteiger partial charge in [0.2, 0.25) is 0 Å². The lowest BCUT2D eigenvalue weighted by Crippen LogP contribution is -1.95. The van der Waals surface area contributed by atoms with Crippen LogP contribution >= 0.6 is 0 Å². The van der Waals surface area contributed by atoms with Gasteiger partial charge in [0.1, 0.15) is 11.6 Å². The summed E-state index contributed by atoms with van der Waals surface area (Å²) in [4.78, 5) is 3.87. The van der Waals surface area contributed by atoms with Crippen LogP contribution < -0.4 is 5.73 Å². The summed E-state index contributed by atoms with van der Waals surface area (Å²) in [7, 11) is 0. The van der Waals surface area contributed by atoms with Crippen molar-refractivity contribution in [2.24, 2.45) is 0 Å². The predicted octanol–water partition coefficient (Wildman–Crippen LogP) is 2.31. The second kappa shape index (κ2) is 3.93. The number of allylic oxidation sites excluding steroid dienone is 2. The Morgan fingerprint density at radius 2 is 2.29 bits per heavy atom. The average molecular weight is 190 g/mol. The fourth-order valence-corrected chi connectivity index (χ4v) is 1.20. The Kier molecular flexibility index (Phi) is 2.88. The minimum absolute atomic E-state index is 0.231. The summed E-state index contributed by atoms with van der Waals surface area (Å²) in [6.45, 7) is 3.14. The molecule has 0 unspecified atom stereocenters. The molecule has 0 aliphatic heterocycles. The van der Waals surface area contributed by atoms with Crippen molar-refractivity contribution < 1.29 is 4.39 Å². The molecule has 0 saturated heterocycles. The number of aryl methyl sites for hydroxylation is 1. The van der Waals surface area contributed by atoms with E-state index in [1.807, 2.05) is 6.92 Å². The van der Waals surface area contributed by atoms with Crippen LogP contribution in [0.1, 0.15) is 18.1 Å². The maximum atomic E-state index is 13.0. The van der Waals surface area contributed by atoms with E-state index in [2.05, 4.69) is 10.9 Å². The molecule has 0 amide bonds. The van der Waals surface area contributed by atoms with Crippen LogP contribution in [0.5, 0.6) is 0 Å². The molecular weight excluding hydrogens is 179 g/mol. The number of hydrogen-bond donors (Lipinski definition) is 1. The number of pyridine rings is 1. The molecule has 1 rings (SSSR count). The Morgan fingerprint density at radius 3 is 2.71 bits per heavy atom. The van der Waals surface area contributed by atoms with Crippen molar-refractivity contribution in [1.82, 2.24) is 4.98 Å². The summed E-state index contributed by atoms with van der Waals surface area (Å²) in [5.41, 5.74) is 7.14. The molecule has 0 fully saturated rings. The summed E-state index contributed by atoms with van der Waals surface area (Å²) >= 11 is 0. The SMILES string of the molecule is C#C/C(=C(/C)F)c1cnc(N)cc1C. The first-order valence-electron chi connectivity index (χ1n) is 4.11. The molecule has 1 aromatic rings. The Morgan fingerprint density at radius 1 is 1.64 bits per heavy atom. The number of terminal acetylenes is 1. The summed E-state index contributed by atoms with van der Waals surface area (Å²) in [6.07, 6.45) is 6.69. The van der Waals surface area contributed by atoms with E-state index in [9.17, 15) is 4.39 Å². The van der Waals surface area contributed by atoms with Crippen LogP contribution in [0.2, 0.25) is 0 Å². The molecule has 3 heteroatoms. The Balaban J connectivity index is 3.35. The smallest absolute Gasteiger partial charge is 0.123 e. The molecule has 0 atom stereocenters. The number of halogens is 1. The van der Waals surface area contributed by atoms with Gasteiger partial charge < -0.3 is 5.73 Å². The van der Waals surface area contributed by atoms with Crippen LogP contribution in [0, 0.1) is 19.3 Å². The molecule has 72 valence electrons. The molecule has 0 radical (unpaired) electrons. The van der Waals surface area contributed by atoms with Gasteiger partial charge in [0.25, 0.3) is 0 Å². The van der Waals surface area contributed by atoms with Crippen molar-refractivity contribution in [1.29, 1.82) is 0 Å². The number of aromatic nitrogens is 1. The van der Waals surface area contributed by atoms with Crippen molar-refractivity contribution in [3.05, 3.63) is 29.2 Å². The lowest BCUT2D eigenvalue weighted by atomic mass is 10.0. The zero-order chi connectivity index (χ0) is 10.7. The first kappa shape index (κ1) is 10.3. The fraction of sp³-hybridized carbons (Fsp3) is 0.182. The van der Waals surface area contributed by atoms with Gasteiger partial charge in [-0.25, -0.2) is 9.37 Å². The molecular formula is C11H11FN2. The van der Waals surface area contributed by atoms with E-state index < -0.39 is 0 Å². The van der Waals surface area contributed by atoms with Crippen molar-refractivity contribution in [3.8, 4) is 12.3 Å². The Hall–Kier alpha value is -1.82. The third kappa shape index (κ3) is 1.91. The van der Waals surface area contributed by atoms with Gasteiger partial charge in [0, 0.05) is 11.8 Å². The number of nitrogens with zero attached hydrogens (tertiary/aromatic N) is 1. The van der Waals surface area contributed by atoms with E-state index in [1.54, 1.807) is 6.07 Å². The predicted molar refractivity (Wildman–Crippen MR) is 55.9 cm³/mol. The van der Waals surface area contributed by atoms with Crippen LogP contribution in [0.4, 0.5) is 10.2 Å². The Labute approximate surface area is 82.7 Å². The maximum absolute atomic E-state index is 13.0. The molecule has 0 aliphatic carbocycles. The first-order valence-corrected chi connectivity index (χ1v) is 4.11. The fourth-order valence-electron chi connectivity index (χ4n) is 1.20. The third-order valence-electron chi connectivity index (χ3n) is 1.89. The Bertz CT molecular complexity index is 423. The van der Waals surface area contributed by atoms with Crippen LogP contribution in [0.25, 0.3) is 5.57 Å². The van der Waals surface area contributed by atoms with Gasteiger partial charge in [-0.1, -0.05) is 5.92 Å². The van der Waals surface area contributed by atoms with E-state index in [4.69, 9.17) is 12.2 Å². The normalized spacial score (nSPS) is 11.9. The van der Waals surface area contributed by atoms with Crippen LogP contribution in [-0.4, -0.2) is 4.98 Å².